The van der Waals surface area contributed by atoms with Crippen molar-refractivity contribution in [1.82, 2.24) is 9.78 Å². The highest BCUT2D eigenvalue weighted by atomic mass is 35.5. The fourth-order valence-electron chi connectivity index (χ4n) is 2.71. The van der Waals surface area contributed by atoms with E-state index in [0.717, 1.165) is 6.07 Å². The molecular formula is C20H17ClN4O5. The molecule has 0 aliphatic heterocycles. The summed E-state index contributed by atoms with van der Waals surface area (Å²) in [6.45, 7) is 1.70. The summed E-state index contributed by atoms with van der Waals surface area (Å²) in [4.78, 5) is 36.0. The number of nitro groups is 1. The molecule has 0 spiro atoms. The molecule has 2 aromatic carbocycles. The molecule has 1 unspecified atom stereocenters. The van der Waals surface area contributed by atoms with Gasteiger partial charge in [0.15, 0.2) is 0 Å². The van der Waals surface area contributed by atoms with Crippen molar-refractivity contribution >= 4 is 34.9 Å². The van der Waals surface area contributed by atoms with Gasteiger partial charge in [0.25, 0.3) is 11.6 Å². The van der Waals surface area contributed by atoms with E-state index in [-0.39, 0.29) is 22.0 Å². The largest absolute Gasteiger partial charge is 0.444 e. The van der Waals surface area contributed by atoms with E-state index in [1.807, 2.05) is 0 Å². The predicted octanol–water partition coefficient (Wildman–Crippen LogP) is 3.83. The Morgan fingerprint density at radius 3 is 2.53 bits per heavy atom. The molecule has 1 heterocycles. The Labute approximate surface area is 176 Å². The number of anilines is 1. The van der Waals surface area contributed by atoms with Crippen molar-refractivity contribution in [2.45, 2.75) is 13.0 Å². The Hall–Kier alpha value is -3.72. The highest BCUT2D eigenvalue weighted by Gasteiger charge is 2.28. The molecule has 30 heavy (non-hydrogen) atoms. The second-order valence-electron chi connectivity index (χ2n) is 6.38. The van der Waals surface area contributed by atoms with Crippen LogP contribution in [0, 0.1) is 17.0 Å². The van der Waals surface area contributed by atoms with Gasteiger partial charge in [-0.2, -0.15) is 5.10 Å². The zero-order valence-electron chi connectivity index (χ0n) is 16.0. The summed E-state index contributed by atoms with van der Waals surface area (Å²) in [5, 5.41) is 17.6. The summed E-state index contributed by atoms with van der Waals surface area (Å²) >= 11 is 5.81. The van der Waals surface area contributed by atoms with E-state index in [1.165, 1.54) is 23.0 Å². The lowest BCUT2D eigenvalue weighted by Gasteiger charge is -2.18. The second kappa shape index (κ2) is 8.75. The Morgan fingerprint density at radius 1 is 1.23 bits per heavy atom. The van der Waals surface area contributed by atoms with Gasteiger partial charge in [-0.25, -0.2) is 4.79 Å². The predicted molar refractivity (Wildman–Crippen MR) is 109 cm³/mol. The van der Waals surface area contributed by atoms with Crippen molar-refractivity contribution in [1.29, 1.82) is 0 Å². The molecule has 0 saturated heterocycles. The summed E-state index contributed by atoms with van der Waals surface area (Å²) < 4.78 is 7.00. The Bertz CT molecular complexity index is 1110. The molecule has 0 radical (unpaired) electrons. The first-order valence-corrected chi connectivity index (χ1v) is 9.15. The van der Waals surface area contributed by atoms with Crippen molar-refractivity contribution in [3.63, 3.8) is 0 Å². The van der Waals surface area contributed by atoms with Gasteiger partial charge < -0.3 is 10.1 Å². The molecule has 9 nitrogen and oxygen atoms in total. The number of hydrogen-bond acceptors (Lipinski definition) is 6. The molecule has 1 aromatic heterocycles. The highest BCUT2D eigenvalue weighted by Crippen LogP contribution is 2.29. The van der Waals surface area contributed by atoms with Crippen LogP contribution < -0.4 is 5.32 Å². The van der Waals surface area contributed by atoms with Crippen LogP contribution in [-0.2, 0) is 16.6 Å². The van der Waals surface area contributed by atoms with Crippen LogP contribution >= 0.6 is 11.6 Å². The second-order valence-corrected chi connectivity index (χ2v) is 6.78. The van der Waals surface area contributed by atoms with Gasteiger partial charge in [-0.05, 0) is 19.1 Å². The van der Waals surface area contributed by atoms with Gasteiger partial charge >= 0.3 is 5.97 Å². The monoisotopic (exact) mass is 428 g/mol. The van der Waals surface area contributed by atoms with Crippen LogP contribution in [0.1, 0.15) is 27.7 Å². The lowest BCUT2D eigenvalue weighted by Crippen LogP contribution is -2.26. The third-order valence-electron chi connectivity index (χ3n) is 4.43. The number of amides is 1. The number of esters is 1. The number of hydrogen-bond donors (Lipinski definition) is 1. The Balaban J connectivity index is 1.88. The first-order valence-electron chi connectivity index (χ1n) is 8.77. The molecule has 0 aliphatic carbocycles. The van der Waals surface area contributed by atoms with Gasteiger partial charge in [-0.3, -0.25) is 19.6 Å². The van der Waals surface area contributed by atoms with Crippen molar-refractivity contribution < 1.29 is 19.2 Å². The van der Waals surface area contributed by atoms with Crippen LogP contribution in [0.15, 0.2) is 54.7 Å². The van der Waals surface area contributed by atoms with Crippen molar-refractivity contribution in [3.05, 3.63) is 86.7 Å². The molecule has 3 aromatic rings. The van der Waals surface area contributed by atoms with Crippen molar-refractivity contribution in [2.24, 2.45) is 7.05 Å². The SMILES string of the molecule is Cc1c(C(=O)OC(C(=O)Nc2ccc(Cl)c([N+](=O)[O-])c2)c2ccccc2)cnn1C. The standard InChI is InChI=1S/C20H17ClN4O5/c1-12-15(11-22-24(12)2)20(27)30-18(13-6-4-3-5-7-13)19(26)23-14-8-9-16(21)17(10-14)25(28)29/h3-11,18H,1-2H3,(H,23,26). The fourth-order valence-corrected chi connectivity index (χ4v) is 2.90. The number of nitrogens with zero attached hydrogens (tertiary/aromatic N) is 3. The summed E-state index contributed by atoms with van der Waals surface area (Å²) in [5.41, 5.74) is 1.04. The normalized spacial score (nSPS) is 11.6. The highest BCUT2D eigenvalue weighted by molar-refractivity contribution is 6.32. The summed E-state index contributed by atoms with van der Waals surface area (Å²) in [6, 6.07) is 12.3. The molecule has 1 N–H and O–H groups in total. The number of carbonyl (C=O) groups is 2. The van der Waals surface area contributed by atoms with Crippen LogP contribution in [-0.4, -0.2) is 26.6 Å². The van der Waals surface area contributed by atoms with E-state index in [2.05, 4.69) is 10.4 Å². The molecule has 10 heteroatoms. The third kappa shape index (κ3) is 4.47. The van der Waals surface area contributed by atoms with Gasteiger partial charge in [-0.15, -0.1) is 0 Å². The van der Waals surface area contributed by atoms with E-state index < -0.39 is 22.9 Å². The molecule has 0 aliphatic rings. The van der Waals surface area contributed by atoms with Gasteiger partial charge in [0.2, 0.25) is 6.10 Å². The Morgan fingerprint density at radius 2 is 1.93 bits per heavy atom. The summed E-state index contributed by atoms with van der Waals surface area (Å²) in [5.74, 6) is -1.39. The van der Waals surface area contributed by atoms with E-state index in [4.69, 9.17) is 16.3 Å². The van der Waals surface area contributed by atoms with Crippen molar-refractivity contribution in [2.75, 3.05) is 5.32 Å². The van der Waals surface area contributed by atoms with Crippen LogP contribution in [0.25, 0.3) is 0 Å². The number of benzene rings is 2. The fraction of sp³-hybridized carbons (Fsp3) is 0.150. The lowest BCUT2D eigenvalue weighted by atomic mass is 10.1. The maximum absolute atomic E-state index is 12.9. The van der Waals surface area contributed by atoms with E-state index in [9.17, 15) is 19.7 Å². The van der Waals surface area contributed by atoms with Gasteiger partial charge in [0.05, 0.1) is 11.1 Å². The van der Waals surface area contributed by atoms with E-state index in [1.54, 1.807) is 44.3 Å². The van der Waals surface area contributed by atoms with Crippen LogP contribution in [0.2, 0.25) is 5.02 Å². The average molecular weight is 429 g/mol. The number of ether oxygens (including phenoxy) is 1. The summed E-state index contributed by atoms with van der Waals surface area (Å²) in [7, 11) is 1.68. The van der Waals surface area contributed by atoms with Gasteiger partial charge in [-0.1, -0.05) is 41.9 Å². The minimum atomic E-state index is -1.28. The van der Waals surface area contributed by atoms with Crippen LogP contribution in [0.4, 0.5) is 11.4 Å². The molecule has 1 atom stereocenters. The number of aromatic nitrogens is 2. The quantitative estimate of drug-likeness (QED) is 0.362. The maximum atomic E-state index is 12.9. The molecule has 0 fully saturated rings. The first kappa shape index (κ1) is 21.0. The van der Waals surface area contributed by atoms with E-state index in [0.29, 0.717) is 11.3 Å². The summed E-state index contributed by atoms with van der Waals surface area (Å²) in [6.07, 6.45) is 0.0771. The van der Waals surface area contributed by atoms with E-state index >= 15 is 0 Å². The van der Waals surface area contributed by atoms with Crippen LogP contribution in [0.5, 0.6) is 0 Å². The molecular weight excluding hydrogens is 412 g/mol. The molecule has 154 valence electrons. The number of halogens is 1. The molecule has 0 bridgehead atoms. The molecule has 0 saturated carbocycles. The lowest BCUT2D eigenvalue weighted by molar-refractivity contribution is -0.384. The topological polar surface area (TPSA) is 116 Å². The van der Waals surface area contributed by atoms with Gasteiger partial charge in [0.1, 0.15) is 10.6 Å². The number of carbonyl (C=O) groups excluding carboxylic acids is 2. The molecule has 3 rings (SSSR count). The molecule has 1 amide bonds. The average Bonchev–Trinajstić information content (AvgIpc) is 3.06. The van der Waals surface area contributed by atoms with Crippen molar-refractivity contribution in [3.8, 4) is 0 Å². The number of nitrogens with one attached hydrogen (secondary N) is 1. The minimum absolute atomic E-state index is 0.0592. The Kier molecular flexibility index (Phi) is 6.12. The number of nitro benzene ring substituents is 1. The first-order chi connectivity index (χ1) is 14.3. The smallest absolute Gasteiger partial charge is 0.342 e. The zero-order chi connectivity index (χ0) is 21.8. The zero-order valence-corrected chi connectivity index (χ0v) is 16.8. The van der Waals surface area contributed by atoms with Crippen LogP contribution in [0.3, 0.4) is 0 Å². The number of rotatable bonds is 6. The number of aryl methyl sites for hydroxylation is 1. The maximum Gasteiger partial charge on any atom is 0.342 e. The third-order valence-corrected chi connectivity index (χ3v) is 4.75. The van der Waals surface area contributed by atoms with Gasteiger partial charge in [0, 0.05) is 30.1 Å². The minimum Gasteiger partial charge on any atom is -0.444 e.